The zero-order valence-corrected chi connectivity index (χ0v) is 10.6. The van der Waals surface area contributed by atoms with Crippen LogP contribution in [0.5, 0.6) is 0 Å². The first-order valence-electron chi connectivity index (χ1n) is 5.97. The smallest absolute Gasteiger partial charge is 0.0348 e. The summed E-state index contributed by atoms with van der Waals surface area (Å²) in [5.74, 6) is 0. The standard InChI is InChI=1S/C15H18S/c1-3-5-10-14-12(8-4-2)13-9-6-7-11-15(13)16-14/h4,6-7,9,11H,2-3,5,8,10H2,1H3. The van der Waals surface area contributed by atoms with Crippen molar-refractivity contribution in [3.63, 3.8) is 0 Å². The second-order valence-corrected chi connectivity index (χ2v) is 5.23. The lowest BCUT2D eigenvalue weighted by atomic mass is 10.0. The molecule has 16 heavy (non-hydrogen) atoms. The van der Waals surface area contributed by atoms with Crippen LogP contribution in [-0.4, -0.2) is 0 Å². The van der Waals surface area contributed by atoms with Crippen LogP contribution in [0.15, 0.2) is 36.9 Å². The highest BCUT2D eigenvalue weighted by Crippen LogP contribution is 2.32. The molecule has 0 atom stereocenters. The maximum absolute atomic E-state index is 3.87. The topological polar surface area (TPSA) is 0 Å². The molecule has 2 aromatic rings. The van der Waals surface area contributed by atoms with E-state index in [2.05, 4.69) is 37.8 Å². The van der Waals surface area contributed by atoms with E-state index in [1.807, 2.05) is 17.4 Å². The van der Waals surface area contributed by atoms with Gasteiger partial charge in [-0.25, -0.2) is 0 Å². The van der Waals surface area contributed by atoms with E-state index < -0.39 is 0 Å². The molecule has 0 aliphatic heterocycles. The zero-order valence-electron chi connectivity index (χ0n) is 9.83. The Bertz CT molecular complexity index is 479. The molecule has 0 spiro atoms. The fourth-order valence-corrected chi connectivity index (χ4v) is 3.33. The third kappa shape index (κ3) is 2.19. The number of hydrogen-bond acceptors (Lipinski definition) is 1. The first kappa shape index (κ1) is 11.4. The quantitative estimate of drug-likeness (QED) is 0.636. The minimum Gasteiger partial charge on any atom is -0.140 e. The van der Waals surface area contributed by atoms with Crippen LogP contribution in [0.3, 0.4) is 0 Å². The summed E-state index contributed by atoms with van der Waals surface area (Å²) in [6.07, 6.45) is 6.80. The molecule has 0 nitrogen and oxygen atoms in total. The van der Waals surface area contributed by atoms with Gasteiger partial charge in [-0.1, -0.05) is 37.6 Å². The first-order valence-corrected chi connectivity index (χ1v) is 6.78. The zero-order chi connectivity index (χ0) is 11.4. The molecule has 2 rings (SSSR count). The van der Waals surface area contributed by atoms with E-state index in [1.54, 1.807) is 4.88 Å². The predicted octanol–water partition coefficient (Wildman–Crippen LogP) is 4.97. The summed E-state index contributed by atoms with van der Waals surface area (Å²) in [5.41, 5.74) is 1.50. The number of aryl methyl sites for hydroxylation is 1. The summed E-state index contributed by atoms with van der Waals surface area (Å²) in [4.78, 5) is 1.56. The van der Waals surface area contributed by atoms with Crippen molar-refractivity contribution < 1.29 is 0 Å². The van der Waals surface area contributed by atoms with Crippen molar-refractivity contribution in [2.45, 2.75) is 32.6 Å². The van der Waals surface area contributed by atoms with E-state index >= 15 is 0 Å². The number of thiophene rings is 1. The van der Waals surface area contributed by atoms with E-state index in [9.17, 15) is 0 Å². The van der Waals surface area contributed by atoms with Gasteiger partial charge in [0.15, 0.2) is 0 Å². The van der Waals surface area contributed by atoms with Gasteiger partial charge in [-0.3, -0.25) is 0 Å². The summed E-state index contributed by atoms with van der Waals surface area (Å²) in [7, 11) is 0. The molecule has 1 aromatic heterocycles. The van der Waals surface area contributed by atoms with Crippen molar-refractivity contribution in [1.82, 2.24) is 0 Å². The van der Waals surface area contributed by atoms with Gasteiger partial charge < -0.3 is 0 Å². The van der Waals surface area contributed by atoms with Gasteiger partial charge in [0.2, 0.25) is 0 Å². The minimum atomic E-state index is 1.00. The minimum absolute atomic E-state index is 1.00. The molecule has 0 bridgehead atoms. The number of benzene rings is 1. The second-order valence-electron chi connectivity index (χ2n) is 4.10. The Hall–Kier alpha value is -1.08. The van der Waals surface area contributed by atoms with Crippen LogP contribution in [0.4, 0.5) is 0 Å². The Kier molecular flexibility index (Phi) is 3.79. The van der Waals surface area contributed by atoms with Gasteiger partial charge in [0.25, 0.3) is 0 Å². The molecule has 0 saturated heterocycles. The summed E-state index contributed by atoms with van der Waals surface area (Å²) in [5, 5.41) is 1.43. The normalized spacial score (nSPS) is 10.8. The lowest BCUT2D eigenvalue weighted by Crippen LogP contribution is -1.87. The van der Waals surface area contributed by atoms with Crippen molar-refractivity contribution in [3.8, 4) is 0 Å². The average molecular weight is 230 g/mol. The maximum atomic E-state index is 3.87. The van der Waals surface area contributed by atoms with Crippen LogP contribution < -0.4 is 0 Å². The van der Waals surface area contributed by atoms with Crippen molar-refractivity contribution in [1.29, 1.82) is 0 Å². The number of fused-ring (bicyclic) bond motifs is 1. The van der Waals surface area contributed by atoms with E-state index in [0.29, 0.717) is 0 Å². The largest absolute Gasteiger partial charge is 0.140 e. The van der Waals surface area contributed by atoms with Gasteiger partial charge in [0.05, 0.1) is 0 Å². The Morgan fingerprint density at radius 3 is 2.88 bits per heavy atom. The second kappa shape index (κ2) is 5.31. The first-order chi connectivity index (χ1) is 7.86. The van der Waals surface area contributed by atoms with Gasteiger partial charge in [0, 0.05) is 9.58 Å². The van der Waals surface area contributed by atoms with Crippen molar-refractivity contribution >= 4 is 21.4 Å². The number of rotatable bonds is 5. The highest BCUT2D eigenvalue weighted by molar-refractivity contribution is 7.19. The van der Waals surface area contributed by atoms with Crippen LogP contribution >= 0.6 is 11.3 Å². The molecule has 1 heteroatoms. The van der Waals surface area contributed by atoms with Crippen LogP contribution in [0.25, 0.3) is 10.1 Å². The molecule has 0 radical (unpaired) electrons. The molecule has 0 aliphatic rings. The SMILES string of the molecule is C=CCc1c(CCCC)sc2ccccc12. The Labute approximate surface area is 102 Å². The fourth-order valence-electron chi connectivity index (χ4n) is 2.06. The van der Waals surface area contributed by atoms with Crippen LogP contribution in [-0.2, 0) is 12.8 Å². The van der Waals surface area contributed by atoms with Crippen LogP contribution in [0.2, 0.25) is 0 Å². The molecule has 1 heterocycles. The third-order valence-electron chi connectivity index (χ3n) is 2.89. The van der Waals surface area contributed by atoms with Gasteiger partial charge >= 0.3 is 0 Å². The lowest BCUT2D eigenvalue weighted by molar-refractivity contribution is 0.800. The van der Waals surface area contributed by atoms with Crippen molar-refractivity contribution in [2.75, 3.05) is 0 Å². The van der Waals surface area contributed by atoms with E-state index in [-0.39, 0.29) is 0 Å². The summed E-state index contributed by atoms with van der Waals surface area (Å²) in [6, 6.07) is 8.72. The van der Waals surface area contributed by atoms with E-state index in [4.69, 9.17) is 0 Å². The van der Waals surface area contributed by atoms with Crippen molar-refractivity contribution in [2.24, 2.45) is 0 Å². The molecule has 0 saturated carbocycles. The Balaban J connectivity index is 2.45. The molecule has 0 aliphatic carbocycles. The molecule has 0 fully saturated rings. The monoisotopic (exact) mass is 230 g/mol. The van der Waals surface area contributed by atoms with E-state index in [0.717, 1.165) is 6.42 Å². The molecular formula is C15H18S. The summed E-state index contributed by atoms with van der Waals surface area (Å²) in [6.45, 7) is 6.12. The summed E-state index contributed by atoms with van der Waals surface area (Å²) < 4.78 is 1.42. The lowest BCUT2D eigenvalue weighted by Gasteiger charge is -2.00. The van der Waals surface area contributed by atoms with Gasteiger partial charge in [-0.2, -0.15) is 0 Å². The Morgan fingerprint density at radius 1 is 1.31 bits per heavy atom. The van der Waals surface area contributed by atoms with Gasteiger partial charge in [-0.15, -0.1) is 17.9 Å². The third-order valence-corrected chi connectivity index (χ3v) is 4.16. The van der Waals surface area contributed by atoms with Gasteiger partial charge in [-0.05, 0) is 36.3 Å². The Morgan fingerprint density at radius 2 is 2.12 bits per heavy atom. The average Bonchev–Trinajstić information content (AvgIpc) is 2.66. The highest BCUT2D eigenvalue weighted by Gasteiger charge is 2.09. The maximum Gasteiger partial charge on any atom is 0.0348 e. The van der Waals surface area contributed by atoms with Gasteiger partial charge in [0.1, 0.15) is 0 Å². The number of allylic oxidation sites excluding steroid dienone is 1. The fraction of sp³-hybridized carbons (Fsp3) is 0.333. The number of unbranched alkanes of at least 4 members (excludes halogenated alkanes) is 1. The predicted molar refractivity (Wildman–Crippen MR) is 74.3 cm³/mol. The molecule has 1 aromatic carbocycles. The van der Waals surface area contributed by atoms with Crippen LogP contribution in [0, 0.1) is 0 Å². The summed E-state index contributed by atoms with van der Waals surface area (Å²) >= 11 is 1.96. The molecule has 0 unspecified atom stereocenters. The molecule has 0 amide bonds. The highest BCUT2D eigenvalue weighted by atomic mass is 32.1. The van der Waals surface area contributed by atoms with E-state index in [1.165, 1.54) is 34.9 Å². The van der Waals surface area contributed by atoms with Crippen LogP contribution in [0.1, 0.15) is 30.2 Å². The molecule has 0 N–H and O–H groups in total. The number of hydrogen-bond donors (Lipinski definition) is 0. The molecular weight excluding hydrogens is 212 g/mol. The van der Waals surface area contributed by atoms with Crippen molar-refractivity contribution in [3.05, 3.63) is 47.4 Å². The molecule has 84 valence electrons.